The number of fused-ring (bicyclic) bond motifs is 1. The predicted molar refractivity (Wildman–Crippen MR) is 92.8 cm³/mol. The van der Waals surface area contributed by atoms with Crippen molar-refractivity contribution in [2.24, 2.45) is 0 Å². The Kier molecular flexibility index (Phi) is 8.21. The monoisotopic (exact) mass is 357 g/mol. The van der Waals surface area contributed by atoms with Crippen LogP contribution >= 0.6 is 11.8 Å². The smallest absolute Gasteiger partial charge is 0.315 e. The molecule has 136 valence electrons. The van der Waals surface area contributed by atoms with Gasteiger partial charge in [0, 0.05) is 24.0 Å². The van der Waals surface area contributed by atoms with Crippen LogP contribution < -0.4 is 16.0 Å². The molecule has 2 aliphatic heterocycles. The summed E-state index contributed by atoms with van der Waals surface area (Å²) in [7, 11) is 0. The molecule has 8 heteroatoms. The zero-order chi connectivity index (χ0) is 17.2. The zero-order valence-corrected chi connectivity index (χ0v) is 14.7. The highest BCUT2D eigenvalue weighted by atomic mass is 32.2. The number of carbonyl (C=O) groups is 3. The van der Waals surface area contributed by atoms with E-state index in [1.807, 2.05) is 11.8 Å². The van der Waals surface area contributed by atoms with Gasteiger partial charge in [-0.05, 0) is 32.1 Å². The molecule has 0 spiro atoms. The first-order valence-electron chi connectivity index (χ1n) is 8.71. The van der Waals surface area contributed by atoms with Gasteiger partial charge in [-0.3, -0.25) is 9.59 Å². The SMILES string of the molecule is O=COCCCCCNC(=O)CCCCC1SC[C@@H]2NC(=O)N[C@H]12. The lowest BCUT2D eigenvalue weighted by Crippen LogP contribution is -2.36. The second kappa shape index (κ2) is 10.4. The Morgan fingerprint density at radius 2 is 2.12 bits per heavy atom. The summed E-state index contributed by atoms with van der Waals surface area (Å²) in [6, 6.07) is 0.472. The first-order valence-corrected chi connectivity index (χ1v) is 9.76. The highest BCUT2D eigenvalue weighted by Crippen LogP contribution is 2.33. The Morgan fingerprint density at radius 1 is 1.25 bits per heavy atom. The second-order valence-electron chi connectivity index (χ2n) is 6.25. The van der Waals surface area contributed by atoms with Gasteiger partial charge in [0.05, 0.1) is 18.7 Å². The van der Waals surface area contributed by atoms with E-state index in [0.29, 0.717) is 31.3 Å². The van der Waals surface area contributed by atoms with E-state index in [9.17, 15) is 14.4 Å². The molecule has 2 heterocycles. The third-order valence-electron chi connectivity index (χ3n) is 4.41. The number of unbranched alkanes of at least 4 members (excludes halogenated alkanes) is 3. The highest BCUT2D eigenvalue weighted by Gasteiger charge is 2.42. The molecule has 0 saturated carbocycles. The number of ether oxygens (including phenoxy) is 1. The maximum absolute atomic E-state index is 11.7. The molecule has 3 atom stereocenters. The molecular formula is C16H27N3O4S. The number of thioether (sulfide) groups is 1. The van der Waals surface area contributed by atoms with E-state index in [0.717, 1.165) is 44.3 Å². The minimum absolute atomic E-state index is 0.0487. The maximum Gasteiger partial charge on any atom is 0.315 e. The number of hydrogen-bond acceptors (Lipinski definition) is 5. The van der Waals surface area contributed by atoms with Gasteiger partial charge in [0.25, 0.3) is 6.47 Å². The fraction of sp³-hybridized carbons (Fsp3) is 0.812. The lowest BCUT2D eigenvalue weighted by molar-refractivity contribution is -0.128. The van der Waals surface area contributed by atoms with Crippen LogP contribution in [0.15, 0.2) is 0 Å². The number of hydrogen-bond donors (Lipinski definition) is 3. The minimum atomic E-state index is -0.0487. The fourth-order valence-corrected chi connectivity index (χ4v) is 4.67. The van der Waals surface area contributed by atoms with Gasteiger partial charge in [0.1, 0.15) is 0 Å². The van der Waals surface area contributed by atoms with Crippen molar-refractivity contribution in [2.75, 3.05) is 18.9 Å². The van der Waals surface area contributed by atoms with Crippen LogP contribution in [0.5, 0.6) is 0 Å². The molecule has 2 rings (SSSR count). The van der Waals surface area contributed by atoms with Crippen molar-refractivity contribution in [2.45, 2.75) is 62.3 Å². The second-order valence-corrected chi connectivity index (χ2v) is 7.52. The van der Waals surface area contributed by atoms with E-state index in [-0.39, 0.29) is 24.0 Å². The van der Waals surface area contributed by atoms with Gasteiger partial charge in [0.2, 0.25) is 5.91 Å². The molecular weight excluding hydrogens is 330 g/mol. The van der Waals surface area contributed by atoms with Gasteiger partial charge >= 0.3 is 6.03 Å². The van der Waals surface area contributed by atoms with Crippen molar-refractivity contribution >= 4 is 30.2 Å². The van der Waals surface area contributed by atoms with Crippen LogP contribution in [-0.4, -0.2) is 54.6 Å². The molecule has 3 amide bonds. The summed E-state index contributed by atoms with van der Waals surface area (Å²) in [5.41, 5.74) is 0. The van der Waals surface area contributed by atoms with Crippen molar-refractivity contribution in [3.05, 3.63) is 0 Å². The van der Waals surface area contributed by atoms with Crippen LogP contribution in [0, 0.1) is 0 Å². The predicted octanol–water partition coefficient (Wildman–Crippen LogP) is 1.17. The van der Waals surface area contributed by atoms with E-state index in [1.54, 1.807) is 0 Å². The maximum atomic E-state index is 11.7. The number of amides is 3. The molecule has 0 aromatic carbocycles. The summed E-state index contributed by atoms with van der Waals surface area (Å²) >= 11 is 1.91. The number of rotatable bonds is 12. The lowest BCUT2D eigenvalue weighted by atomic mass is 10.0. The molecule has 0 aromatic heterocycles. The number of nitrogens with one attached hydrogen (secondary N) is 3. The van der Waals surface area contributed by atoms with E-state index >= 15 is 0 Å². The molecule has 2 saturated heterocycles. The Labute approximate surface area is 147 Å². The quantitative estimate of drug-likeness (QED) is 0.277. The van der Waals surface area contributed by atoms with Crippen LogP contribution in [0.25, 0.3) is 0 Å². The molecule has 2 fully saturated rings. The van der Waals surface area contributed by atoms with Crippen LogP contribution in [0.3, 0.4) is 0 Å². The average Bonchev–Trinajstić information content (AvgIpc) is 3.10. The molecule has 0 radical (unpaired) electrons. The first kappa shape index (κ1) is 18.9. The van der Waals surface area contributed by atoms with Crippen molar-refractivity contribution in [3.63, 3.8) is 0 Å². The third-order valence-corrected chi connectivity index (χ3v) is 5.92. The summed E-state index contributed by atoms with van der Waals surface area (Å²) in [4.78, 5) is 33.0. The van der Waals surface area contributed by atoms with Gasteiger partial charge in [-0.15, -0.1) is 0 Å². The summed E-state index contributed by atoms with van der Waals surface area (Å²) < 4.78 is 4.60. The number of urea groups is 1. The van der Waals surface area contributed by atoms with Crippen molar-refractivity contribution < 1.29 is 19.1 Å². The Balaban J connectivity index is 1.44. The lowest BCUT2D eigenvalue weighted by Gasteiger charge is -2.16. The molecule has 7 nitrogen and oxygen atoms in total. The molecule has 0 bridgehead atoms. The zero-order valence-electron chi connectivity index (χ0n) is 13.9. The molecule has 0 aromatic rings. The Bertz CT molecular complexity index is 436. The molecule has 24 heavy (non-hydrogen) atoms. The fourth-order valence-electron chi connectivity index (χ4n) is 3.13. The normalized spacial score (nSPS) is 24.8. The molecule has 2 aliphatic rings. The van der Waals surface area contributed by atoms with Crippen LogP contribution in [0.4, 0.5) is 4.79 Å². The summed E-state index contributed by atoms with van der Waals surface area (Å²) in [5.74, 6) is 1.08. The largest absolute Gasteiger partial charge is 0.468 e. The molecule has 3 N–H and O–H groups in total. The van der Waals surface area contributed by atoms with Gasteiger partial charge in [0.15, 0.2) is 0 Å². The minimum Gasteiger partial charge on any atom is -0.468 e. The van der Waals surface area contributed by atoms with Crippen LogP contribution in [0.1, 0.15) is 44.9 Å². The Morgan fingerprint density at radius 3 is 2.96 bits per heavy atom. The van der Waals surface area contributed by atoms with Crippen LogP contribution in [-0.2, 0) is 14.3 Å². The Hall–Kier alpha value is -1.44. The highest BCUT2D eigenvalue weighted by molar-refractivity contribution is 8.00. The van der Waals surface area contributed by atoms with E-state index < -0.39 is 0 Å². The topological polar surface area (TPSA) is 96.5 Å². The van der Waals surface area contributed by atoms with Crippen molar-refractivity contribution in [3.8, 4) is 0 Å². The van der Waals surface area contributed by atoms with Gasteiger partial charge in [-0.2, -0.15) is 11.8 Å². The first-order chi connectivity index (χ1) is 11.7. The van der Waals surface area contributed by atoms with E-state index in [4.69, 9.17) is 0 Å². The summed E-state index contributed by atoms with van der Waals surface area (Å²) in [6.07, 6.45) is 6.17. The average molecular weight is 357 g/mol. The molecule has 1 unspecified atom stereocenters. The third kappa shape index (κ3) is 6.22. The van der Waals surface area contributed by atoms with Crippen LogP contribution in [0.2, 0.25) is 0 Å². The van der Waals surface area contributed by atoms with Crippen molar-refractivity contribution in [1.82, 2.24) is 16.0 Å². The van der Waals surface area contributed by atoms with Gasteiger partial charge in [-0.25, -0.2) is 4.79 Å². The summed E-state index contributed by atoms with van der Waals surface area (Å²) in [6.45, 7) is 1.59. The summed E-state index contributed by atoms with van der Waals surface area (Å²) in [5, 5.41) is 9.32. The molecule has 0 aliphatic carbocycles. The van der Waals surface area contributed by atoms with E-state index in [1.165, 1.54) is 0 Å². The standard InChI is InChI=1S/C16H27N3O4S/c20-11-23-9-5-1-4-8-17-14(21)7-3-2-6-13-15-12(10-24-13)18-16(22)19-15/h11-13,15H,1-10H2,(H,17,21)(H2,18,19,22)/t12-,13?,15-/m0/s1. The van der Waals surface area contributed by atoms with Gasteiger partial charge in [-0.1, -0.05) is 6.42 Å². The van der Waals surface area contributed by atoms with Gasteiger partial charge < -0.3 is 20.7 Å². The van der Waals surface area contributed by atoms with E-state index in [2.05, 4.69) is 20.7 Å². The van der Waals surface area contributed by atoms with Crippen molar-refractivity contribution in [1.29, 1.82) is 0 Å². The number of carbonyl (C=O) groups excluding carboxylic acids is 3.